The highest BCUT2D eigenvalue weighted by Gasteiger charge is 2.10. The number of carbonyl (C=O) groups is 1. The van der Waals surface area contributed by atoms with Crippen molar-refractivity contribution in [2.75, 3.05) is 0 Å². The molecule has 0 amide bonds. The van der Waals surface area contributed by atoms with E-state index in [1.807, 2.05) is 6.07 Å². The number of aryl methyl sites for hydroxylation is 1. The van der Waals surface area contributed by atoms with E-state index in [1.165, 1.54) is 0 Å². The van der Waals surface area contributed by atoms with Gasteiger partial charge in [-0.05, 0) is 31.2 Å². The Bertz CT molecular complexity index is 552. The highest BCUT2D eigenvalue weighted by Crippen LogP contribution is 2.22. The van der Waals surface area contributed by atoms with Gasteiger partial charge in [0, 0.05) is 15.6 Å². The third kappa shape index (κ3) is 1.85. The van der Waals surface area contributed by atoms with E-state index in [9.17, 15) is 4.79 Å². The summed E-state index contributed by atoms with van der Waals surface area (Å²) < 4.78 is 0.850. The SMILES string of the molecule is Cc1cc(C(=O)O)c2cc(Br)ccc2n1. The number of fused-ring (bicyclic) bond motifs is 1. The van der Waals surface area contributed by atoms with Gasteiger partial charge in [0.15, 0.2) is 0 Å². The first-order valence-electron chi connectivity index (χ1n) is 4.38. The molecule has 0 radical (unpaired) electrons. The molecule has 0 spiro atoms. The van der Waals surface area contributed by atoms with Gasteiger partial charge < -0.3 is 5.11 Å². The molecule has 0 atom stereocenters. The van der Waals surface area contributed by atoms with Crippen LogP contribution in [-0.4, -0.2) is 16.1 Å². The van der Waals surface area contributed by atoms with Crippen LogP contribution in [0.1, 0.15) is 16.1 Å². The largest absolute Gasteiger partial charge is 0.478 e. The van der Waals surface area contributed by atoms with Crippen LogP contribution < -0.4 is 0 Å². The fraction of sp³-hybridized carbons (Fsp3) is 0.0909. The second-order valence-electron chi connectivity index (χ2n) is 3.28. The molecule has 0 bridgehead atoms. The molecule has 0 aliphatic rings. The zero-order chi connectivity index (χ0) is 11.0. The van der Waals surface area contributed by atoms with Crippen molar-refractivity contribution in [3.8, 4) is 0 Å². The van der Waals surface area contributed by atoms with Crippen LogP contribution in [0.4, 0.5) is 0 Å². The van der Waals surface area contributed by atoms with Crippen molar-refractivity contribution in [3.63, 3.8) is 0 Å². The first-order valence-corrected chi connectivity index (χ1v) is 5.17. The first-order chi connectivity index (χ1) is 7.08. The standard InChI is InChI=1S/C11H8BrNO2/c1-6-4-9(11(14)15)8-5-7(12)2-3-10(8)13-6/h2-5H,1H3,(H,14,15). The summed E-state index contributed by atoms with van der Waals surface area (Å²) in [5, 5.41) is 9.71. The van der Waals surface area contributed by atoms with Crippen molar-refractivity contribution in [1.82, 2.24) is 4.98 Å². The Hall–Kier alpha value is -1.42. The lowest BCUT2D eigenvalue weighted by atomic mass is 10.1. The van der Waals surface area contributed by atoms with E-state index in [0.29, 0.717) is 22.2 Å². The molecule has 4 heteroatoms. The average molecular weight is 266 g/mol. The smallest absolute Gasteiger partial charge is 0.336 e. The Morgan fingerprint density at radius 2 is 2.13 bits per heavy atom. The van der Waals surface area contributed by atoms with Crippen LogP contribution in [0.25, 0.3) is 10.9 Å². The van der Waals surface area contributed by atoms with Crippen LogP contribution in [0.15, 0.2) is 28.7 Å². The molecule has 0 saturated heterocycles. The highest BCUT2D eigenvalue weighted by atomic mass is 79.9. The number of carboxylic acids is 1. The predicted octanol–water partition coefficient (Wildman–Crippen LogP) is 3.00. The van der Waals surface area contributed by atoms with Gasteiger partial charge in [0.1, 0.15) is 0 Å². The molecule has 3 nitrogen and oxygen atoms in total. The van der Waals surface area contributed by atoms with Gasteiger partial charge in [-0.2, -0.15) is 0 Å². The van der Waals surface area contributed by atoms with E-state index in [-0.39, 0.29) is 0 Å². The van der Waals surface area contributed by atoms with E-state index in [0.717, 1.165) is 4.47 Å². The topological polar surface area (TPSA) is 50.2 Å². The normalized spacial score (nSPS) is 10.5. The van der Waals surface area contributed by atoms with E-state index in [2.05, 4.69) is 20.9 Å². The quantitative estimate of drug-likeness (QED) is 0.863. The molecule has 0 saturated carbocycles. The second kappa shape index (κ2) is 3.62. The van der Waals surface area contributed by atoms with Crippen LogP contribution in [0, 0.1) is 6.92 Å². The fourth-order valence-electron chi connectivity index (χ4n) is 1.51. The summed E-state index contributed by atoms with van der Waals surface area (Å²) in [6.07, 6.45) is 0. The number of aromatic carboxylic acids is 1. The van der Waals surface area contributed by atoms with Gasteiger partial charge in [-0.3, -0.25) is 4.98 Å². The third-order valence-corrected chi connectivity index (χ3v) is 2.62. The first kappa shape index (κ1) is 10.1. The van der Waals surface area contributed by atoms with Gasteiger partial charge in [-0.25, -0.2) is 4.79 Å². The van der Waals surface area contributed by atoms with E-state index < -0.39 is 5.97 Å². The molecule has 76 valence electrons. The molecular weight excluding hydrogens is 258 g/mol. The van der Waals surface area contributed by atoms with Crippen molar-refractivity contribution in [3.05, 3.63) is 40.0 Å². The minimum Gasteiger partial charge on any atom is -0.478 e. The lowest BCUT2D eigenvalue weighted by Crippen LogP contribution is -2.00. The van der Waals surface area contributed by atoms with Gasteiger partial charge >= 0.3 is 5.97 Å². The number of hydrogen-bond acceptors (Lipinski definition) is 2. The van der Waals surface area contributed by atoms with Gasteiger partial charge in [0.2, 0.25) is 0 Å². The van der Waals surface area contributed by atoms with Crippen molar-refractivity contribution in [2.24, 2.45) is 0 Å². The number of aromatic nitrogens is 1. The van der Waals surface area contributed by atoms with Crippen LogP contribution in [-0.2, 0) is 0 Å². The highest BCUT2D eigenvalue weighted by molar-refractivity contribution is 9.10. The van der Waals surface area contributed by atoms with Crippen molar-refractivity contribution < 1.29 is 9.90 Å². The summed E-state index contributed by atoms with van der Waals surface area (Å²) in [6, 6.07) is 7.00. The fourth-order valence-corrected chi connectivity index (χ4v) is 1.87. The van der Waals surface area contributed by atoms with Crippen molar-refractivity contribution in [1.29, 1.82) is 0 Å². The number of carboxylic acid groups (broad SMARTS) is 1. The predicted molar refractivity (Wildman–Crippen MR) is 61.1 cm³/mol. The molecule has 2 aromatic rings. The maximum Gasteiger partial charge on any atom is 0.336 e. The summed E-state index contributed by atoms with van der Waals surface area (Å²) >= 11 is 3.31. The van der Waals surface area contributed by atoms with E-state index in [4.69, 9.17) is 5.11 Å². The van der Waals surface area contributed by atoms with Crippen LogP contribution >= 0.6 is 15.9 Å². The maximum atomic E-state index is 11.0. The summed E-state index contributed by atoms with van der Waals surface area (Å²) in [6.45, 7) is 1.79. The molecular formula is C11H8BrNO2. The number of nitrogens with zero attached hydrogens (tertiary/aromatic N) is 1. The van der Waals surface area contributed by atoms with Crippen molar-refractivity contribution in [2.45, 2.75) is 6.92 Å². The number of hydrogen-bond donors (Lipinski definition) is 1. The molecule has 15 heavy (non-hydrogen) atoms. The molecule has 2 rings (SSSR count). The second-order valence-corrected chi connectivity index (χ2v) is 4.19. The summed E-state index contributed by atoms with van der Waals surface area (Å²) in [7, 11) is 0. The summed E-state index contributed by atoms with van der Waals surface area (Å²) in [5.74, 6) is -0.927. The van der Waals surface area contributed by atoms with E-state index >= 15 is 0 Å². The van der Waals surface area contributed by atoms with Crippen molar-refractivity contribution >= 4 is 32.8 Å². The van der Waals surface area contributed by atoms with E-state index in [1.54, 1.807) is 25.1 Å². The Kier molecular flexibility index (Phi) is 2.44. The van der Waals surface area contributed by atoms with Gasteiger partial charge in [0.25, 0.3) is 0 Å². The minimum atomic E-state index is -0.927. The lowest BCUT2D eigenvalue weighted by molar-refractivity contribution is 0.0699. The Labute approximate surface area is 94.9 Å². The Balaban J connectivity index is 2.87. The molecule has 0 fully saturated rings. The Morgan fingerprint density at radius 3 is 2.80 bits per heavy atom. The van der Waals surface area contributed by atoms with Crippen LogP contribution in [0.2, 0.25) is 0 Å². The molecule has 1 N–H and O–H groups in total. The third-order valence-electron chi connectivity index (χ3n) is 2.13. The number of pyridine rings is 1. The summed E-state index contributed by atoms with van der Waals surface area (Å²) in [5.41, 5.74) is 1.71. The zero-order valence-corrected chi connectivity index (χ0v) is 9.58. The lowest BCUT2D eigenvalue weighted by Gasteiger charge is -2.04. The van der Waals surface area contributed by atoms with Crippen LogP contribution in [0.5, 0.6) is 0 Å². The molecule has 0 aliphatic carbocycles. The van der Waals surface area contributed by atoms with Crippen LogP contribution in [0.3, 0.4) is 0 Å². The monoisotopic (exact) mass is 265 g/mol. The average Bonchev–Trinajstić information content (AvgIpc) is 2.17. The molecule has 0 unspecified atom stereocenters. The minimum absolute atomic E-state index is 0.291. The van der Waals surface area contributed by atoms with Gasteiger partial charge in [-0.15, -0.1) is 0 Å². The molecule has 1 heterocycles. The molecule has 1 aromatic carbocycles. The van der Waals surface area contributed by atoms with Gasteiger partial charge in [0.05, 0.1) is 11.1 Å². The Morgan fingerprint density at radius 1 is 1.40 bits per heavy atom. The number of benzene rings is 1. The number of rotatable bonds is 1. The zero-order valence-electron chi connectivity index (χ0n) is 7.99. The van der Waals surface area contributed by atoms with Gasteiger partial charge in [-0.1, -0.05) is 15.9 Å². The maximum absolute atomic E-state index is 11.0. The molecule has 1 aromatic heterocycles. The number of halogens is 1. The molecule has 0 aliphatic heterocycles. The summed E-state index contributed by atoms with van der Waals surface area (Å²) in [4.78, 5) is 15.3.